The lowest BCUT2D eigenvalue weighted by molar-refractivity contribution is 0.0693. The molecule has 7 heteroatoms. The number of halogens is 1. The van der Waals surface area contributed by atoms with E-state index in [-0.39, 0.29) is 22.0 Å². The van der Waals surface area contributed by atoms with E-state index in [1.807, 2.05) is 0 Å². The molecular weight excluding hydrogens is 284 g/mol. The van der Waals surface area contributed by atoms with Gasteiger partial charge in [0.1, 0.15) is 10.7 Å². The van der Waals surface area contributed by atoms with Crippen molar-refractivity contribution in [2.24, 2.45) is 0 Å². The maximum atomic E-state index is 11.9. The highest BCUT2D eigenvalue weighted by atomic mass is 35.5. The molecule has 1 heterocycles. The summed E-state index contributed by atoms with van der Waals surface area (Å²) in [7, 11) is 0. The number of nitrogens with one attached hydrogen (secondary N) is 1. The number of aromatic nitrogens is 1. The van der Waals surface area contributed by atoms with Crippen LogP contribution in [0.15, 0.2) is 36.5 Å². The molecule has 0 radical (unpaired) electrons. The molecular formula is C13H9ClN2O4. The molecule has 0 atom stereocenters. The van der Waals surface area contributed by atoms with Crippen LogP contribution in [-0.2, 0) is 0 Å². The second-order valence-electron chi connectivity index (χ2n) is 3.83. The number of benzene rings is 1. The average Bonchev–Trinajstić information content (AvgIpc) is 2.40. The predicted octanol–water partition coefficient (Wildman–Crippen LogP) is 2.39. The maximum absolute atomic E-state index is 11.9. The highest BCUT2D eigenvalue weighted by molar-refractivity contribution is 6.29. The van der Waals surface area contributed by atoms with E-state index in [9.17, 15) is 14.7 Å². The number of phenols is 1. The number of amides is 1. The average molecular weight is 293 g/mol. The van der Waals surface area contributed by atoms with Gasteiger partial charge in [0.05, 0.1) is 5.69 Å². The fourth-order valence-electron chi connectivity index (χ4n) is 1.56. The van der Waals surface area contributed by atoms with E-state index in [1.165, 1.54) is 36.5 Å². The molecule has 0 aliphatic heterocycles. The molecule has 0 aliphatic rings. The van der Waals surface area contributed by atoms with Crippen molar-refractivity contribution in [2.45, 2.75) is 0 Å². The summed E-state index contributed by atoms with van der Waals surface area (Å²) in [5.41, 5.74) is -0.0523. The van der Waals surface area contributed by atoms with Crippen LogP contribution in [0.25, 0.3) is 0 Å². The third-order valence-electron chi connectivity index (χ3n) is 2.50. The quantitative estimate of drug-likeness (QED) is 0.596. The lowest BCUT2D eigenvalue weighted by atomic mass is 10.1. The van der Waals surface area contributed by atoms with Crippen molar-refractivity contribution in [1.82, 2.24) is 4.98 Å². The minimum absolute atomic E-state index is 0.00262. The lowest BCUT2D eigenvalue weighted by Gasteiger charge is -2.09. The standard InChI is InChI=1S/C13H9ClN2O4/c14-10-6-7(4-5-15-10)12(18)16-9-3-1-2-8(11(9)17)13(19)20/h1-6,17H,(H,16,18)(H,19,20). The van der Waals surface area contributed by atoms with Gasteiger partial charge >= 0.3 is 5.97 Å². The SMILES string of the molecule is O=C(Nc1cccc(C(=O)O)c1O)c1ccnc(Cl)c1. The molecule has 1 aromatic heterocycles. The second kappa shape index (κ2) is 5.58. The monoisotopic (exact) mass is 292 g/mol. The molecule has 102 valence electrons. The van der Waals surface area contributed by atoms with Crippen LogP contribution >= 0.6 is 11.6 Å². The van der Waals surface area contributed by atoms with Crippen molar-refractivity contribution in [2.75, 3.05) is 5.32 Å². The number of aromatic carboxylic acids is 1. The Bertz CT molecular complexity index is 688. The van der Waals surface area contributed by atoms with E-state index in [0.717, 1.165) is 0 Å². The van der Waals surface area contributed by atoms with Crippen molar-refractivity contribution in [3.63, 3.8) is 0 Å². The number of carboxylic acid groups (broad SMARTS) is 1. The largest absolute Gasteiger partial charge is 0.505 e. The van der Waals surface area contributed by atoms with Crippen molar-refractivity contribution in [1.29, 1.82) is 0 Å². The van der Waals surface area contributed by atoms with Crippen molar-refractivity contribution < 1.29 is 19.8 Å². The van der Waals surface area contributed by atoms with Gasteiger partial charge in [-0.05, 0) is 24.3 Å². The summed E-state index contributed by atoms with van der Waals surface area (Å²) in [6.45, 7) is 0. The molecule has 3 N–H and O–H groups in total. The number of rotatable bonds is 3. The molecule has 2 rings (SSSR count). The number of anilines is 1. The van der Waals surface area contributed by atoms with Gasteiger partial charge in [0.25, 0.3) is 5.91 Å². The first-order chi connectivity index (χ1) is 9.49. The normalized spacial score (nSPS) is 10.1. The molecule has 0 aliphatic carbocycles. The minimum Gasteiger partial charge on any atom is -0.505 e. The van der Waals surface area contributed by atoms with Crippen molar-refractivity contribution >= 4 is 29.2 Å². The van der Waals surface area contributed by atoms with Gasteiger partial charge in [0.15, 0.2) is 5.75 Å². The molecule has 2 aromatic rings. The molecule has 0 spiro atoms. The Hall–Kier alpha value is -2.60. The highest BCUT2D eigenvalue weighted by Gasteiger charge is 2.15. The Morgan fingerprint density at radius 2 is 2.00 bits per heavy atom. The summed E-state index contributed by atoms with van der Waals surface area (Å²) in [5, 5.41) is 21.2. The number of aromatic hydroxyl groups is 1. The zero-order chi connectivity index (χ0) is 14.7. The van der Waals surface area contributed by atoms with Gasteiger partial charge in [-0.25, -0.2) is 9.78 Å². The molecule has 6 nitrogen and oxygen atoms in total. The first kappa shape index (κ1) is 13.8. The number of para-hydroxylation sites is 1. The van der Waals surface area contributed by atoms with Gasteiger partial charge in [-0.1, -0.05) is 17.7 Å². The molecule has 0 saturated carbocycles. The number of hydrogen-bond acceptors (Lipinski definition) is 4. The summed E-state index contributed by atoms with van der Waals surface area (Å²) in [6.07, 6.45) is 1.37. The molecule has 0 unspecified atom stereocenters. The van der Waals surface area contributed by atoms with E-state index in [0.29, 0.717) is 0 Å². The number of hydrogen-bond donors (Lipinski definition) is 3. The zero-order valence-electron chi connectivity index (χ0n) is 10.0. The Kier molecular flexibility index (Phi) is 3.86. The number of carboxylic acids is 1. The van der Waals surface area contributed by atoms with Crippen LogP contribution in [0.5, 0.6) is 5.75 Å². The van der Waals surface area contributed by atoms with Crippen LogP contribution in [0.2, 0.25) is 5.15 Å². The van der Waals surface area contributed by atoms with Crippen LogP contribution in [0.3, 0.4) is 0 Å². The molecule has 0 bridgehead atoms. The van der Waals surface area contributed by atoms with Crippen LogP contribution in [0, 0.1) is 0 Å². The topological polar surface area (TPSA) is 99.5 Å². The predicted molar refractivity (Wildman–Crippen MR) is 72.3 cm³/mol. The van der Waals surface area contributed by atoms with Crippen LogP contribution in [-0.4, -0.2) is 27.1 Å². The minimum atomic E-state index is -1.29. The third-order valence-corrected chi connectivity index (χ3v) is 2.71. The van der Waals surface area contributed by atoms with Gasteiger partial charge < -0.3 is 15.5 Å². The van der Waals surface area contributed by atoms with Crippen molar-refractivity contribution in [3.8, 4) is 5.75 Å². The van der Waals surface area contributed by atoms with E-state index < -0.39 is 17.6 Å². The summed E-state index contributed by atoms with van der Waals surface area (Å²) in [5.74, 6) is -2.33. The second-order valence-corrected chi connectivity index (χ2v) is 4.22. The smallest absolute Gasteiger partial charge is 0.339 e. The van der Waals surface area contributed by atoms with Gasteiger partial charge in [0.2, 0.25) is 0 Å². The fourth-order valence-corrected chi connectivity index (χ4v) is 1.73. The molecule has 20 heavy (non-hydrogen) atoms. The Balaban J connectivity index is 2.29. The summed E-state index contributed by atoms with van der Waals surface area (Å²) in [6, 6.07) is 6.84. The lowest BCUT2D eigenvalue weighted by Crippen LogP contribution is -2.13. The Morgan fingerprint density at radius 1 is 1.25 bits per heavy atom. The molecule has 0 saturated heterocycles. The van der Waals surface area contributed by atoms with E-state index >= 15 is 0 Å². The van der Waals surface area contributed by atoms with E-state index in [4.69, 9.17) is 16.7 Å². The van der Waals surface area contributed by atoms with Gasteiger partial charge in [-0.2, -0.15) is 0 Å². The van der Waals surface area contributed by atoms with Crippen LogP contribution < -0.4 is 5.32 Å². The number of carbonyl (C=O) groups excluding carboxylic acids is 1. The Labute approximate surface area is 118 Å². The third kappa shape index (κ3) is 2.86. The van der Waals surface area contributed by atoms with Gasteiger partial charge in [0, 0.05) is 11.8 Å². The van der Waals surface area contributed by atoms with Crippen LogP contribution in [0.1, 0.15) is 20.7 Å². The number of nitrogens with zero attached hydrogens (tertiary/aromatic N) is 1. The molecule has 1 aromatic carbocycles. The summed E-state index contributed by atoms with van der Waals surface area (Å²) >= 11 is 5.67. The van der Waals surface area contributed by atoms with E-state index in [2.05, 4.69) is 10.3 Å². The molecule has 0 fully saturated rings. The van der Waals surface area contributed by atoms with Crippen molar-refractivity contribution in [3.05, 3.63) is 52.8 Å². The maximum Gasteiger partial charge on any atom is 0.339 e. The first-order valence-corrected chi connectivity index (χ1v) is 5.85. The highest BCUT2D eigenvalue weighted by Crippen LogP contribution is 2.27. The number of pyridine rings is 1. The van der Waals surface area contributed by atoms with E-state index in [1.54, 1.807) is 0 Å². The van der Waals surface area contributed by atoms with Gasteiger partial charge in [-0.3, -0.25) is 4.79 Å². The molecule has 1 amide bonds. The summed E-state index contributed by atoms with van der Waals surface area (Å²) in [4.78, 5) is 26.6. The van der Waals surface area contributed by atoms with Gasteiger partial charge in [-0.15, -0.1) is 0 Å². The number of carbonyl (C=O) groups is 2. The summed E-state index contributed by atoms with van der Waals surface area (Å²) < 4.78 is 0. The Morgan fingerprint density at radius 3 is 2.65 bits per heavy atom. The zero-order valence-corrected chi connectivity index (χ0v) is 10.8. The fraction of sp³-hybridized carbons (Fsp3) is 0. The first-order valence-electron chi connectivity index (χ1n) is 5.47. The van der Waals surface area contributed by atoms with Crippen LogP contribution in [0.4, 0.5) is 5.69 Å².